The summed E-state index contributed by atoms with van der Waals surface area (Å²) >= 11 is 0. The molecule has 0 saturated carbocycles. The van der Waals surface area contributed by atoms with E-state index in [1.807, 2.05) is 0 Å². The summed E-state index contributed by atoms with van der Waals surface area (Å²) in [5, 5.41) is 14.1. The third-order valence-corrected chi connectivity index (χ3v) is 1.75. The van der Waals surface area contributed by atoms with Crippen LogP contribution >= 0.6 is 0 Å². The lowest BCUT2D eigenvalue weighted by Crippen LogP contribution is -2.77. The smallest absolute Gasteiger partial charge is 0.341 e. The summed E-state index contributed by atoms with van der Waals surface area (Å²) in [6.45, 7) is 1.14. The van der Waals surface area contributed by atoms with Gasteiger partial charge in [-0.15, -0.1) is 0 Å². The molecule has 1 rings (SSSR count). The SMILES string of the molecule is NC1NCCNC1(N)C(=O)O. The molecular formula is C5H12N4O2. The van der Waals surface area contributed by atoms with Gasteiger partial charge >= 0.3 is 5.97 Å². The molecule has 0 radical (unpaired) electrons. The molecule has 2 unspecified atom stereocenters. The number of nitrogens with two attached hydrogens (primary N) is 2. The molecule has 0 aromatic heterocycles. The zero-order chi connectivity index (χ0) is 8.48. The summed E-state index contributed by atoms with van der Waals surface area (Å²) < 4.78 is 0. The van der Waals surface area contributed by atoms with Gasteiger partial charge in [0.2, 0.25) is 0 Å². The maximum Gasteiger partial charge on any atom is 0.341 e. The quantitative estimate of drug-likeness (QED) is 0.283. The first-order valence-electron chi connectivity index (χ1n) is 3.33. The van der Waals surface area contributed by atoms with Crippen molar-refractivity contribution in [3.8, 4) is 0 Å². The van der Waals surface area contributed by atoms with Crippen molar-refractivity contribution in [2.45, 2.75) is 11.8 Å². The zero-order valence-electron chi connectivity index (χ0n) is 6.00. The van der Waals surface area contributed by atoms with E-state index < -0.39 is 17.8 Å². The van der Waals surface area contributed by atoms with Gasteiger partial charge in [-0.05, 0) is 0 Å². The van der Waals surface area contributed by atoms with Gasteiger partial charge in [-0.2, -0.15) is 0 Å². The average Bonchev–Trinajstić information content (AvgIpc) is 1.95. The predicted molar refractivity (Wildman–Crippen MR) is 38.5 cm³/mol. The van der Waals surface area contributed by atoms with Crippen molar-refractivity contribution in [2.75, 3.05) is 13.1 Å². The van der Waals surface area contributed by atoms with Crippen LogP contribution in [0.3, 0.4) is 0 Å². The van der Waals surface area contributed by atoms with E-state index in [0.29, 0.717) is 13.1 Å². The minimum Gasteiger partial charge on any atom is -0.479 e. The van der Waals surface area contributed by atoms with E-state index in [9.17, 15) is 4.79 Å². The van der Waals surface area contributed by atoms with Crippen LogP contribution in [0.5, 0.6) is 0 Å². The van der Waals surface area contributed by atoms with Gasteiger partial charge < -0.3 is 16.6 Å². The van der Waals surface area contributed by atoms with E-state index >= 15 is 0 Å². The van der Waals surface area contributed by atoms with Gasteiger partial charge in [-0.25, -0.2) is 4.79 Å². The van der Waals surface area contributed by atoms with Crippen molar-refractivity contribution in [3.63, 3.8) is 0 Å². The molecule has 1 saturated heterocycles. The lowest BCUT2D eigenvalue weighted by molar-refractivity contribution is -0.146. The molecule has 64 valence electrons. The summed E-state index contributed by atoms with van der Waals surface area (Å²) in [6, 6.07) is 0. The Morgan fingerprint density at radius 3 is 2.64 bits per heavy atom. The van der Waals surface area contributed by atoms with Gasteiger partial charge in [0.05, 0.1) is 6.17 Å². The number of hydrogen-bond acceptors (Lipinski definition) is 5. The lowest BCUT2D eigenvalue weighted by atomic mass is 10.1. The van der Waals surface area contributed by atoms with E-state index in [1.54, 1.807) is 0 Å². The minimum atomic E-state index is -1.53. The zero-order valence-corrected chi connectivity index (χ0v) is 6.00. The maximum absolute atomic E-state index is 10.6. The fourth-order valence-corrected chi connectivity index (χ4v) is 0.977. The van der Waals surface area contributed by atoms with Crippen LogP contribution in [0.25, 0.3) is 0 Å². The van der Waals surface area contributed by atoms with Crippen molar-refractivity contribution < 1.29 is 9.90 Å². The Morgan fingerprint density at radius 1 is 1.64 bits per heavy atom. The lowest BCUT2D eigenvalue weighted by Gasteiger charge is -2.36. The molecule has 0 bridgehead atoms. The maximum atomic E-state index is 10.6. The summed E-state index contributed by atoms with van der Waals surface area (Å²) in [4.78, 5) is 10.6. The van der Waals surface area contributed by atoms with Crippen molar-refractivity contribution >= 4 is 5.97 Å². The Hall–Kier alpha value is -0.690. The molecule has 2 atom stereocenters. The van der Waals surface area contributed by atoms with Crippen LogP contribution in [0.2, 0.25) is 0 Å². The Bertz CT molecular complexity index is 174. The largest absolute Gasteiger partial charge is 0.479 e. The molecule has 1 aliphatic rings. The van der Waals surface area contributed by atoms with Crippen molar-refractivity contribution in [1.29, 1.82) is 0 Å². The molecule has 7 N–H and O–H groups in total. The van der Waals surface area contributed by atoms with Crippen molar-refractivity contribution in [1.82, 2.24) is 10.6 Å². The van der Waals surface area contributed by atoms with Crippen molar-refractivity contribution in [2.24, 2.45) is 11.5 Å². The van der Waals surface area contributed by atoms with Crippen molar-refractivity contribution in [3.05, 3.63) is 0 Å². The summed E-state index contributed by atoms with van der Waals surface area (Å²) in [6.07, 6.45) is -0.742. The van der Waals surface area contributed by atoms with Gasteiger partial charge in [-0.1, -0.05) is 0 Å². The van der Waals surface area contributed by atoms with Crippen LogP contribution < -0.4 is 22.1 Å². The van der Waals surface area contributed by atoms with Gasteiger partial charge in [0, 0.05) is 13.1 Å². The van der Waals surface area contributed by atoms with Crippen LogP contribution in [0.4, 0.5) is 0 Å². The first-order valence-corrected chi connectivity index (χ1v) is 3.33. The Labute approximate surface area is 63.9 Å². The van der Waals surface area contributed by atoms with Crippen LogP contribution in [-0.4, -0.2) is 36.0 Å². The molecule has 0 aromatic carbocycles. The molecular weight excluding hydrogens is 148 g/mol. The van der Waals surface area contributed by atoms with Crippen LogP contribution in [0.1, 0.15) is 0 Å². The topological polar surface area (TPSA) is 113 Å². The second-order valence-corrected chi connectivity index (χ2v) is 2.53. The van der Waals surface area contributed by atoms with Crippen LogP contribution in [0.15, 0.2) is 0 Å². The minimum absolute atomic E-state index is 0.510. The van der Waals surface area contributed by atoms with E-state index in [-0.39, 0.29) is 0 Å². The second kappa shape index (κ2) is 2.74. The average molecular weight is 160 g/mol. The van der Waals surface area contributed by atoms with Gasteiger partial charge in [0.15, 0.2) is 5.66 Å². The Morgan fingerprint density at radius 2 is 2.27 bits per heavy atom. The molecule has 1 aliphatic heterocycles. The number of piperazine rings is 1. The molecule has 6 heteroatoms. The molecule has 0 aromatic rings. The van der Waals surface area contributed by atoms with E-state index in [4.69, 9.17) is 16.6 Å². The highest BCUT2D eigenvalue weighted by atomic mass is 16.4. The fraction of sp³-hybridized carbons (Fsp3) is 0.800. The normalized spacial score (nSPS) is 38.5. The van der Waals surface area contributed by atoms with E-state index in [1.165, 1.54) is 0 Å². The fourth-order valence-electron chi connectivity index (χ4n) is 0.977. The molecule has 6 nitrogen and oxygen atoms in total. The van der Waals surface area contributed by atoms with E-state index in [0.717, 1.165) is 0 Å². The standard InChI is InChI=1S/C5H12N4O2/c6-3-5(7,4(10)11)9-2-1-8-3/h3,8-9H,1-2,6-7H2,(H,10,11). The third kappa shape index (κ3) is 1.33. The highest BCUT2D eigenvalue weighted by Gasteiger charge is 2.41. The molecule has 1 heterocycles. The Kier molecular flexibility index (Phi) is 2.10. The van der Waals surface area contributed by atoms with E-state index in [2.05, 4.69) is 10.6 Å². The number of rotatable bonds is 1. The number of carboxylic acids is 1. The summed E-state index contributed by atoms with van der Waals surface area (Å²) in [7, 11) is 0. The number of carboxylic acid groups (broad SMARTS) is 1. The van der Waals surface area contributed by atoms with Gasteiger partial charge in [-0.3, -0.25) is 10.6 Å². The number of aliphatic carboxylic acids is 1. The molecule has 1 fully saturated rings. The Balaban J connectivity index is 2.72. The summed E-state index contributed by atoms with van der Waals surface area (Å²) in [5.41, 5.74) is 9.35. The van der Waals surface area contributed by atoms with Crippen LogP contribution in [-0.2, 0) is 4.79 Å². The monoisotopic (exact) mass is 160 g/mol. The van der Waals surface area contributed by atoms with Gasteiger partial charge in [0.1, 0.15) is 0 Å². The number of nitrogens with one attached hydrogen (secondary N) is 2. The first kappa shape index (κ1) is 8.41. The molecule has 0 spiro atoms. The highest BCUT2D eigenvalue weighted by molar-refractivity contribution is 5.79. The third-order valence-electron chi connectivity index (χ3n) is 1.75. The molecule has 0 aliphatic carbocycles. The first-order chi connectivity index (χ1) is 5.07. The summed E-state index contributed by atoms with van der Waals surface area (Å²) in [5.74, 6) is -1.14. The number of carbonyl (C=O) groups is 1. The molecule has 11 heavy (non-hydrogen) atoms. The number of hydrogen-bond donors (Lipinski definition) is 5. The highest BCUT2D eigenvalue weighted by Crippen LogP contribution is 2.01. The molecule has 0 amide bonds. The van der Waals surface area contributed by atoms with Gasteiger partial charge in [0.25, 0.3) is 0 Å². The van der Waals surface area contributed by atoms with Crippen LogP contribution in [0, 0.1) is 0 Å². The second-order valence-electron chi connectivity index (χ2n) is 2.53. The predicted octanol–water partition coefficient (Wildman–Crippen LogP) is -2.80.